The topological polar surface area (TPSA) is 27.0 Å². The van der Waals surface area contributed by atoms with E-state index in [1.54, 1.807) is 6.07 Å². The van der Waals surface area contributed by atoms with Crippen LogP contribution in [0.15, 0.2) is 18.2 Å². The molecular formula is C16H21FN2. The van der Waals surface area contributed by atoms with Gasteiger partial charge in [-0.1, -0.05) is 19.8 Å². The van der Waals surface area contributed by atoms with E-state index in [4.69, 9.17) is 5.26 Å². The number of likely N-dealkylation sites (tertiary alicyclic amines) is 1. The van der Waals surface area contributed by atoms with Gasteiger partial charge in [0.25, 0.3) is 0 Å². The zero-order chi connectivity index (χ0) is 13.7. The maximum absolute atomic E-state index is 13.7. The summed E-state index contributed by atoms with van der Waals surface area (Å²) in [5.41, 5.74) is 1.19. The maximum atomic E-state index is 13.7. The number of piperidine rings is 1. The molecule has 0 unspecified atom stereocenters. The number of nitriles is 1. The lowest BCUT2D eigenvalue weighted by molar-refractivity contribution is 0.170. The van der Waals surface area contributed by atoms with E-state index in [2.05, 4.69) is 17.9 Å². The molecule has 1 fully saturated rings. The van der Waals surface area contributed by atoms with Gasteiger partial charge >= 0.3 is 0 Å². The van der Waals surface area contributed by atoms with Crippen LogP contribution >= 0.6 is 0 Å². The van der Waals surface area contributed by atoms with E-state index < -0.39 is 0 Å². The molecular weight excluding hydrogens is 239 g/mol. The third-order valence-electron chi connectivity index (χ3n) is 3.97. The number of benzene rings is 1. The second-order valence-electron chi connectivity index (χ2n) is 5.43. The molecule has 0 atom stereocenters. The molecule has 0 aromatic heterocycles. The normalized spacial score (nSPS) is 17.3. The van der Waals surface area contributed by atoms with Crippen molar-refractivity contribution in [3.63, 3.8) is 0 Å². The van der Waals surface area contributed by atoms with Crippen molar-refractivity contribution in [1.29, 1.82) is 5.26 Å². The summed E-state index contributed by atoms with van der Waals surface area (Å²) in [6.07, 6.45) is 5.00. The summed E-state index contributed by atoms with van der Waals surface area (Å²) in [5, 5.41) is 8.87. The molecule has 0 radical (unpaired) electrons. The first-order valence-electron chi connectivity index (χ1n) is 7.13. The molecule has 0 spiro atoms. The fraction of sp³-hybridized carbons (Fsp3) is 0.562. The monoisotopic (exact) mass is 260 g/mol. The molecule has 1 aromatic rings. The van der Waals surface area contributed by atoms with Gasteiger partial charge in [0.05, 0.1) is 11.6 Å². The highest BCUT2D eigenvalue weighted by molar-refractivity contribution is 5.33. The first-order chi connectivity index (χ1) is 9.22. The summed E-state index contributed by atoms with van der Waals surface area (Å²) in [7, 11) is 0. The van der Waals surface area contributed by atoms with Crippen LogP contribution in [0.1, 0.15) is 43.7 Å². The van der Waals surface area contributed by atoms with E-state index in [1.165, 1.54) is 37.8 Å². The molecule has 0 amide bonds. The zero-order valence-corrected chi connectivity index (χ0v) is 11.5. The number of hydrogen-bond donors (Lipinski definition) is 0. The Morgan fingerprint density at radius 3 is 2.74 bits per heavy atom. The average Bonchev–Trinajstić information content (AvgIpc) is 2.44. The van der Waals surface area contributed by atoms with Crippen molar-refractivity contribution in [2.75, 3.05) is 13.1 Å². The van der Waals surface area contributed by atoms with Crippen molar-refractivity contribution in [2.24, 2.45) is 5.92 Å². The van der Waals surface area contributed by atoms with Gasteiger partial charge in [-0.15, -0.1) is 0 Å². The Morgan fingerprint density at radius 1 is 1.37 bits per heavy atom. The Bertz CT molecular complexity index is 456. The first kappa shape index (κ1) is 14.0. The molecule has 2 nitrogen and oxygen atoms in total. The van der Waals surface area contributed by atoms with Crippen LogP contribution in [0, 0.1) is 23.1 Å². The second kappa shape index (κ2) is 6.68. The van der Waals surface area contributed by atoms with Crippen molar-refractivity contribution in [1.82, 2.24) is 4.90 Å². The highest BCUT2D eigenvalue weighted by atomic mass is 19.1. The molecule has 0 N–H and O–H groups in total. The lowest BCUT2D eigenvalue weighted by Gasteiger charge is -2.31. The minimum absolute atomic E-state index is 0.199. The van der Waals surface area contributed by atoms with Crippen molar-refractivity contribution >= 4 is 0 Å². The number of nitrogens with zero attached hydrogens (tertiary/aromatic N) is 2. The molecule has 1 aliphatic heterocycles. The quantitative estimate of drug-likeness (QED) is 0.825. The fourth-order valence-corrected chi connectivity index (χ4v) is 2.85. The van der Waals surface area contributed by atoms with Crippen LogP contribution in [0.5, 0.6) is 0 Å². The second-order valence-corrected chi connectivity index (χ2v) is 5.43. The summed E-state index contributed by atoms with van der Waals surface area (Å²) < 4.78 is 13.7. The molecule has 1 heterocycles. The molecule has 1 aromatic carbocycles. The van der Waals surface area contributed by atoms with Gasteiger partial charge in [0.2, 0.25) is 0 Å². The largest absolute Gasteiger partial charge is 0.299 e. The highest BCUT2D eigenvalue weighted by Crippen LogP contribution is 2.23. The zero-order valence-electron chi connectivity index (χ0n) is 11.5. The minimum atomic E-state index is -0.199. The summed E-state index contributed by atoms with van der Waals surface area (Å²) in [6, 6.07) is 6.68. The van der Waals surface area contributed by atoms with Gasteiger partial charge in [-0.05, 0) is 50.0 Å². The van der Waals surface area contributed by atoms with Crippen molar-refractivity contribution < 1.29 is 4.39 Å². The predicted octanol–water partition coefficient (Wildman–Crippen LogP) is 3.71. The summed E-state index contributed by atoms with van der Waals surface area (Å²) >= 11 is 0. The van der Waals surface area contributed by atoms with Crippen LogP contribution in [0.4, 0.5) is 4.39 Å². The number of halogens is 1. The predicted molar refractivity (Wildman–Crippen MR) is 74.0 cm³/mol. The summed E-state index contributed by atoms with van der Waals surface area (Å²) in [5.74, 6) is 0.645. The summed E-state index contributed by atoms with van der Waals surface area (Å²) in [6.45, 7) is 4.94. The lowest BCUT2D eigenvalue weighted by atomic mass is 9.92. The SMILES string of the molecule is CCCC1CCN(Cc2cc(C#N)ccc2F)CC1. The van der Waals surface area contributed by atoms with Crippen molar-refractivity contribution in [2.45, 2.75) is 39.2 Å². The Kier molecular flexibility index (Phi) is 4.93. The van der Waals surface area contributed by atoms with Gasteiger partial charge in [-0.25, -0.2) is 4.39 Å². The van der Waals surface area contributed by atoms with E-state index >= 15 is 0 Å². The van der Waals surface area contributed by atoms with E-state index in [-0.39, 0.29) is 5.82 Å². The molecule has 2 rings (SSSR count). The van der Waals surface area contributed by atoms with Gasteiger partial charge in [-0.3, -0.25) is 4.90 Å². The maximum Gasteiger partial charge on any atom is 0.127 e. The van der Waals surface area contributed by atoms with Gasteiger partial charge < -0.3 is 0 Å². The third-order valence-corrected chi connectivity index (χ3v) is 3.97. The van der Waals surface area contributed by atoms with Crippen molar-refractivity contribution in [3.8, 4) is 6.07 Å². The number of hydrogen-bond acceptors (Lipinski definition) is 2. The van der Waals surface area contributed by atoms with E-state index in [9.17, 15) is 4.39 Å². The fourth-order valence-electron chi connectivity index (χ4n) is 2.85. The van der Waals surface area contributed by atoms with E-state index in [0.29, 0.717) is 17.7 Å². The van der Waals surface area contributed by atoms with Crippen LogP contribution in [-0.4, -0.2) is 18.0 Å². The van der Waals surface area contributed by atoms with E-state index in [1.807, 2.05) is 0 Å². The van der Waals surface area contributed by atoms with Gasteiger partial charge in [-0.2, -0.15) is 5.26 Å². The van der Waals surface area contributed by atoms with Crippen LogP contribution in [0.3, 0.4) is 0 Å². The Morgan fingerprint density at radius 2 is 2.11 bits per heavy atom. The standard InChI is InChI=1S/C16H21FN2/c1-2-3-13-6-8-19(9-7-13)12-15-10-14(11-18)4-5-16(15)17/h4-5,10,13H,2-3,6-9,12H2,1H3. The van der Waals surface area contributed by atoms with Gasteiger partial charge in [0, 0.05) is 12.1 Å². The molecule has 0 bridgehead atoms. The Balaban J connectivity index is 1.94. The minimum Gasteiger partial charge on any atom is -0.299 e. The molecule has 19 heavy (non-hydrogen) atoms. The molecule has 1 aliphatic rings. The van der Waals surface area contributed by atoms with Crippen LogP contribution < -0.4 is 0 Å². The van der Waals surface area contributed by atoms with Crippen LogP contribution in [0.2, 0.25) is 0 Å². The molecule has 1 saturated heterocycles. The lowest BCUT2D eigenvalue weighted by Crippen LogP contribution is -2.33. The molecule has 102 valence electrons. The van der Waals surface area contributed by atoms with Crippen molar-refractivity contribution in [3.05, 3.63) is 35.1 Å². The molecule has 0 saturated carbocycles. The smallest absolute Gasteiger partial charge is 0.127 e. The van der Waals surface area contributed by atoms with Crippen LogP contribution in [-0.2, 0) is 6.54 Å². The Labute approximate surface area is 114 Å². The van der Waals surface area contributed by atoms with Gasteiger partial charge in [0.1, 0.15) is 5.82 Å². The van der Waals surface area contributed by atoms with Crippen LogP contribution in [0.25, 0.3) is 0 Å². The van der Waals surface area contributed by atoms with E-state index in [0.717, 1.165) is 19.0 Å². The molecule has 0 aliphatic carbocycles. The molecule has 3 heteroatoms. The highest BCUT2D eigenvalue weighted by Gasteiger charge is 2.19. The Hall–Kier alpha value is -1.40. The number of rotatable bonds is 4. The third kappa shape index (κ3) is 3.78. The summed E-state index contributed by atoms with van der Waals surface area (Å²) in [4.78, 5) is 2.30. The average molecular weight is 260 g/mol. The van der Waals surface area contributed by atoms with Gasteiger partial charge in [0.15, 0.2) is 0 Å². The first-order valence-corrected chi connectivity index (χ1v) is 7.13.